The van der Waals surface area contributed by atoms with Crippen molar-refractivity contribution in [2.24, 2.45) is 5.92 Å². The van der Waals surface area contributed by atoms with Gasteiger partial charge in [0.2, 0.25) is 5.91 Å². The van der Waals surface area contributed by atoms with E-state index < -0.39 is 0 Å². The fraction of sp³-hybridized carbons (Fsp3) is 0.250. The van der Waals surface area contributed by atoms with Crippen molar-refractivity contribution in [3.63, 3.8) is 0 Å². The molecule has 0 saturated carbocycles. The number of hydrogen-bond donors (Lipinski definition) is 1. The first-order valence-corrected chi connectivity index (χ1v) is 5.03. The minimum absolute atomic E-state index is 0.00582. The summed E-state index contributed by atoms with van der Waals surface area (Å²) < 4.78 is 5.57. The van der Waals surface area contributed by atoms with Crippen molar-refractivity contribution in [1.82, 2.24) is 5.32 Å². The topological polar surface area (TPSA) is 38.3 Å². The maximum Gasteiger partial charge on any atom is 0.233 e. The quantitative estimate of drug-likeness (QED) is 0.746. The second kappa shape index (κ2) is 3.12. The summed E-state index contributed by atoms with van der Waals surface area (Å²) in [5.41, 5.74) is 1.13. The molecule has 1 fully saturated rings. The summed E-state index contributed by atoms with van der Waals surface area (Å²) in [5, 5.41) is 2.78. The Hall–Kier alpha value is -1.77. The summed E-state index contributed by atoms with van der Waals surface area (Å²) in [7, 11) is 0. The van der Waals surface area contributed by atoms with Gasteiger partial charge in [0.15, 0.2) is 0 Å². The van der Waals surface area contributed by atoms with Crippen molar-refractivity contribution in [3.05, 3.63) is 47.7 Å². The van der Waals surface area contributed by atoms with Crippen molar-refractivity contribution in [2.45, 2.75) is 12.6 Å². The third-order valence-corrected chi connectivity index (χ3v) is 2.85. The fourth-order valence-corrected chi connectivity index (χ4v) is 1.89. The number of ether oxygens (including phenoxy) is 1. The molecule has 2 aliphatic rings. The largest absolute Gasteiger partial charge is 0.493 e. The average Bonchev–Trinajstić information content (AvgIpc) is 2.24. The van der Waals surface area contributed by atoms with Gasteiger partial charge < -0.3 is 10.1 Å². The SMILES string of the molecule is O=C1NC2C=C(OCc3ccccc3)C12. The van der Waals surface area contributed by atoms with Gasteiger partial charge in [-0.25, -0.2) is 0 Å². The molecule has 2 unspecified atom stereocenters. The first kappa shape index (κ1) is 8.53. The van der Waals surface area contributed by atoms with Gasteiger partial charge in [0, 0.05) is 0 Å². The van der Waals surface area contributed by atoms with Crippen molar-refractivity contribution in [3.8, 4) is 0 Å². The number of hydrogen-bond acceptors (Lipinski definition) is 2. The summed E-state index contributed by atoms with van der Waals surface area (Å²) in [5.74, 6) is 0.909. The molecule has 1 aromatic rings. The number of benzene rings is 1. The molecule has 1 aliphatic carbocycles. The smallest absolute Gasteiger partial charge is 0.233 e. The van der Waals surface area contributed by atoms with E-state index >= 15 is 0 Å². The number of rotatable bonds is 3. The molecule has 1 saturated heterocycles. The van der Waals surface area contributed by atoms with Crippen LogP contribution in [0.3, 0.4) is 0 Å². The Morgan fingerprint density at radius 1 is 1.27 bits per heavy atom. The highest BCUT2D eigenvalue weighted by Gasteiger charge is 2.49. The molecular formula is C12H11NO2. The van der Waals surface area contributed by atoms with Crippen LogP contribution in [0.1, 0.15) is 5.56 Å². The van der Waals surface area contributed by atoms with Crippen molar-refractivity contribution >= 4 is 5.91 Å². The summed E-state index contributed by atoms with van der Waals surface area (Å²) >= 11 is 0. The minimum Gasteiger partial charge on any atom is -0.493 e. The summed E-state index contributed by atoms with van der Waals surface area (Å²) in [6, 6.07) is 10.2. The molecule has 1 heterocycles. The van der Waals surface area contributed by atoms with E-state index in [1.54, 1.807) is 0 Å². The number of nitrogens with one attached hydrogen (secondary N) is 1. The number of carbonyl (C=O) groups excluding carboxylic acids is 1. The molecule has 76 valence electrons. The molecule has 1 amide bonds. The zero-order valence-electron chi connectivity index (χ0n) is 8.14. The first-order chi connectivity index (χ1) is 7.34. The van der Waals surface area contributed by atoms with E-state index in [4.69, 9.17) is 4.74 Å². The average molecular weight is 201 g/mol. The monoisotopic (exact) mass is 201 g/mol. The molecule has 0 spiro atoms. The van der Waals surface area contributed by atoms with Gasteiger partial charge in [-0.1, -0.05) is 30.3 Å². The molecule has 0 radical (unpaired) electrons. The number of carbonyl (C=O) groups is 1. The van der Waals surface area contributed by atoms with E-state index in [0.29, 0.717) is 6.61 Å². The van der Waals surface area contributed by atoms with Gasteiger partial charge >= 0.3 is 0 Å². The van der Waals surface area contributed by atoms with Crippen molar-refractivity contribution in [1.29, 1.82) is 0 Å². The Balaban J connectivity index is 1.60. The summed E-state index contributed by atoms with van der Waals surface area (Å²) in [6.07, 6.45) is 1.97. The normalized spacial score (nSPS) is 26.7. The summed E-state index contributed by atoms with van der Waals surface area (Å²) in [6.45, 7) is 0.545. The summed E-state index contributed by atoms with van der Waals surface area (Å²) in [4.78, 5) is 11.1. The zero-order valence-corrected chi connectivity index (χ0v) is 8.14. The molecule has 1 aromatic carbocycles. The molecule has 3 rings (SSSR count). The van der Waals surface area contributed by atoms with E-state index in [1.165, 1.54) is 0 Å². The van der Waals surface area contributed by atoms with Gasteiger partial charge in [0.05, 0.1) is 6.04 Å². The van der Waals surface area contributed by atoms with Crippen LogP contribution in [0.15, 0.2) is 42.2 Å². The molecule has 1 N–H and O–H groups in total. The molecular weight excluding hydrogens is 190 g/mol. The van der Waals surface area contributed by atoms with Crippen molar-refractivity contribution < 1.29 is 9.53 Å². The Morgan fingerprint density at radius 2 is 2.07 bits per heavy atom. The van der Waals surface area contributed by atoms with Crippen LogP contribution in [0.2, 0.25) is 0 Å². The second-order valence-corrected chi connectivity index (χ2v) is 3.86. The highest BCUT2D eigenvalue weighted by Crippen LogP contribution is 2.35. The molecule has 0 aromatic heterocycles. The number of β-lactam (4-membered cyclic amide) rings is 1. The van der Waals surface area contributed by atoms with E-state index in [0.717, 1.165) is 11.3 Å². The molecule has 0 bridgehead atoms. The zero-order chi connectivity index (χ0) is 10.3. The highest BCUT2D eigenvalue weighted by atomic mass is 16.5. The van der Waals surface area contributed by atoms with Crippen LogP contribution in [0.25, 0.3) is 0 Å². The van der Waals surface area contributed by atoms with Crippen molar-refractivity contribution in [2.75, 3.05) is 0 Å². The second-order valence-electron chi connectivity index (χ2n) is 3.86. The number of fused-ring (bicyclic) bond motifs is 1. The van der Waals surface area contributed by atoms with Gasteiger partial charge in [0.25, 0.3) is 0 Å². The van der Waals surface area contributed by atoms with Gasteiger partial charge in [-0.05, 0) is 11.6 Å². The Bertz CT molecular complexity index is 425. The van der Waals surface area contributed by atoms with E-state index in [9.17, 15) is 4.79 Å². The fourth-order valence-electron chi connectivity index (χ4n) is 1.89. The van der Waals surface area contributed by atoms with E-state index in [1.807, 2.05) is 36.4 Å². The van der Waals surface area contributed by atoms with Crippen LogP contribution < -0.4 is 5.32 Å². The first-order valence-electron chi connectivity index (χ1n) is 5.03. The highest BCUT2D eigenvalue weighted by molar-refractivity contribution is 5.91. The third kappa shape index (κ3) is 1.31. The van der Waals surface area contributed by atoms with Gasteiger partial charge in [-0.15, -0.1) is 0 Å². The standard InChI is InChI=1S/C12H11NO2/c14-12-11-9(13-12)6-10(11)15-7-8-4-2-1-3-5-8/h1-6,9,11H,7H2,(H,13,14). The molecule has 3 heteroatoms. The van der Waals surface area contributed by atoms with Gasteiger partial charge in [-0.3, -0.25) is 4.79 Å². The van der Waals surface area contributed by atoms with Gasteiger partial charge in [0.1, 0.15) is 18.3 Å². The van der Waals surface area contributed by atoms with Gasteiger partial charge in [-0.2, -0.15) is 0 Å². The lowest BCUT2D eigenvalue weighted by atomic mass is 9.78. The molecule has 3 nitrogen and oxygen atoms in total. The van der Waals surface area contributed by atoms with Crippen LogP contribution >= 0.6 is 0 Å². The molecule has 1 aliphatic heterocycles. The van der Waals surface area contributed by atoms with Crippen LogP contribution in [0, 0.1) is 5.92 Å². The van der Waals surface area contributed by atoms with Crippen LogP contribution in [0.4, 0.5) is 0 Å². The Morgan fingerprint density at radius 3 is 2.73 bits per heavy atom. The van der Waals surface area contributed by atoms with Crippen LogP contribution in [-0.4, -0.2) is 11.9 Å². The lowest BCUT2D eigenvalue weighted by molar-refractivity contribution is -0.136. The maximum atomic E-state index is 11.1. The lowest BCUT2D eigenvalue weighted by Crippen LogP contribution is -2.63. The maximum absolute atomic E-state index is 11.1. The molecule has 15 heavy (non-hydrogen) atoms. The third-order valence-electron chi connectivity index (χ3n) is 2.85. The van der Waals surface area contributed by atoms with E-state index in [2.05, 4.69) is 5.32 Å². The van der Waals surface area contributed by atoms with E-state index in [-0.39, 0.29) is 17.9 Å². The van der Waals surface area contributed by atoms with Crippen LogP contribution in [0.5, 0.6) is 0 Å². The van der Waals surface area contributed by atoms with Crippen LogP contribution in [-0.2, 0) is 16.1 Å². The molecule has 2 atom stereocenters. The Labute approximate surface area is 87.7 Å². The predicted octanol–water partition coefficient (Wildman–Crippen LogP) is 1.22. The minimum atomic E-state index is -0.00582. The number of amides is 1. The Kier molecular flexibility index (Phi) is 1.78. The predicted molar refractivity (Wildman–Crippen MR) is 54.7 cm³/mol. The lowest BCUT2D eigenvalue weighted by Gasteiger charge is -2.43.